The van der Waals surface area contributed by atoms with Gasteiger partial charge < -0.3 is 14.9 Å². The van der Waals surface area contributed by atoms with E-state index in [2.05, 4.69) is 4.90 Å². The van der Waals surface area contributed by atoms with Crippen LogP contribution in [0.2, 0.25) is 0 Å². The number of hydrogen-bond donors (Lipinski definition) is 2. The summed E-state index contributed by atoms with van der Waals surface area (Å²) < 4.78 is 5.97. The zero-order chi connectivity index (χ0) is 19.9. The summed E-state index contributed by atoms with van der Waals surface area (Å²) in [5.41, 5.74) is 3.09. The fourth-order valence-electron chi connectivity index (χ4n) is 4.18. The van der Waals surface area contributed by atoms with Gasteiger partial charge in [-0.1, -0.05) is 55.7 Å². The number of benzene rings is 2. The minimum atomic E-state index is -0.577. The lowest BCUT2D eigenvalue weighted by Gasteiger charge is -2.35. The molecule has 0 unspecified atom stereocenters. The zero-order valence-electron chi connectivity index (χ0n) is 17.1. The number of aliphatic hydroxyl groups is 1. The molecule has 1 atom stereocenters. The second kappa shape index (κ2) is 9.94. The van der Waals surface area contributed by atoms with Gasteiger partial charge in [0.05, 0.1) is 0 Å². The van der Waals surface area contributed by atoms with E-state index in [-0.39, 0.29) is 6.61 Å². The molecule has 1 aliphatic rings. The molecule has 0 bridgehead atoms. The monoisotopic (exact) mass is 383 g/mol. The van der Waals surface area contributed by atoms with E-state index in [1.165, 1.54) is 19.3 Å². The normalized spacial score (nSPS) is 16.3. The quantitative estimate of drug-likeness (QED) is 0.700. The predicted molar refractivity (Wildman–Crippen MR) is 113 cm³/mol. The highest BCUT2D eigenvalue weighted by atomic mass is 16.5. The summed E-state index contributed by atoms with van der Waals surface area (Å²) in [5.74, 6) is 1.19. The second-order valence-electron chi connectivity index (χ2n) is 8.04. The number of phenolic OH excluding ortho intramolecular Hbond substituents is 1. The van der Waals surface area contributed by atoms with Gasteiger partial charge in [0.2, 0.25) is 0 Å². The molecule has 2 aromatic carbocycles. The number of hydrogen-bond acceptors (Lipinski definition) is 4. The summed E-state index contributed by atoms with van der Waals surface area (Å²) in [6.45, 7) is 5.53. The lowest BCUT2D eigenvalue weighted by molar-refractivity contribution is 0.0392. The molecule has 3 rings (SSSR count). The Balaban J connectivity index is 1.65. The molecule has 4 heteroatoms. The first kappa shape index (κ1) is 20.7. The van der Waals surface area contributed by atoms with Gasteiger partial charge in [-0.2, -0.15) is 0 Å². The fourth-order valence-corrected chi connectivity index (χ4v) is 4.18. The number of phenols is 1. The number of aromatic hydroxyl groups is 1. The van der Waals surface area contributed by atoms with E-state index in [0.717, 1.165) is 35.3 Å². The third-order valence-corrected chi connectivity index (χ3v) is 5.73. The van der Waals surface area contributed by atoms with Crippen LogP contribution in [0.15, 0.2) is 42.5 Å². The van der Waals surface area contributed by atoms with Crippen LogP contribution in [0.5, 0.6) is 11.5 Å². The lowest BCUT2D eigenvalue weighted by Crippen LogP contribution is -2.42. The molecule has 0 aliphatic heterocycles. The first-order valence-corrected chi connectivity index (χ1v) is 10.4. The van der Waals surface area contributed by atoms with Crippen molar-refractivity contribution in [2.24, 2.45) is 0 Å². The summed E-state index contributed by atoms with van der Waals surface area (Å²) in [5, 5.41) is 20.9. The van der Waals surface area contributed by atoms with Crippen molar-refractivity contribution in [1.29, 1.82) is 0 Å². The minimum absolute atomic E-state index is 0.273. The van der Waals surface area contributed by atoms with Gasteiger partial charge >= 0.3 is 0 Å². The smallest absolute Gasteiger partial charge is 0.125 e. The number of nitrogens with zero attached hydrogens (tertiary/aromatic N) is 1. The molecule has 1 fully saturated rings. The number of rotatable bonds is 8. The summed E-state index contributed by atoms with van der Waals surface area (Å²) in [6, 6.07) is 14.0. The maximum atomic E-state index is 10.7. The average Bonchev–Trinajstić information content (AvgIpc) is 2.69. The Labute approximate surface area is 168 Å². The first-order chi connectivity index (χ1) is 13.5. The third-order valence-electron chi connectivity index (χ3n) is 5.73. The van der Waals surface area contributed by atoms with Crippen molar-refractivity contribution in [3.8, 4) is 11.5 Å². The van der Waals surface area contributed by atoms with Crippen molar-refractivity contribution in [1.82, 2.24) is 4.90 Å². The highest BCUT2D eigenvalue weighted by Gasteiger charge is 2.24. The topological polar surface area (TPSA) is 52.9 Å². The maximum Gasteiger partial charge on any atom is 0.125 e. The highest BCUT2D eigenvalue weighted by molar-refractivity contribution is 5.39. The molecule has 152 valence electrons. The van der Waals surface area contributed by atoms with Gasteiger partial charge in [0.15, 0.2) is 0 Å². The van der Waals surface area contributed by atoms with Crippen molar-refractivity contribution >= 4 is 0 Å². The molecule has 1 saturated carbocycles. The van der Waals surface area contributed by atoms with Crippen molar-refractivity contribution in [3.05, 3.63) is 59.2 Å². The average molecular weight is 384 g/mol. The molecule has 4 nitrogen and oxygen atoms in total. The Hall–Kier alpha value is -2.04. The number of ether oxygens (including phenoxy) is 1. The molecule has 0 saturated heterocycles. The van der Waals surface area contributed by atoms with Crippen LogP contribution in [0.25, 0.3) is 0 Å². The molecule has 2 N–H and O–H groups in total. The molecule has 0 spiro atoms. The van der Waals surface area contributed by atoms with Gasteiger partial charge in [-0.3, -0.25) is 4.90 Å². The van der Waals surface area contributed by atoms with E-state index in [0.29, 0.717) is 24.9 Å². The van der Waals surface area contributed by atoms with Crippen LogP contribution in [0.3, 0.4) is 0 Å². The molecule has 1 aliphatic carbocycles. The van der Waals surface area contributed by atoms with Crippen LogP contribution in [-0.2, 0) is 6.54 Å². The molecular formula is C24H33NO3. The zero-order valence-corrected chi connectivity index (χ0v) is 17.1. The summed E-state index contributed by atoms with van der Waals surface area (Å²) >= 11 is 0. The van der Waals surface area contributed by atoms with Gasteiger partial charge in [-0.15, -0.1) is 0 Å². The van der Waals surface area contributed by atoms with Crippen molar-refractivity contribution in [3.63, 3.8) is 0 Å². The predicted octanol–water partition coefficient (Wildman–Crippen LogP) is 4.58. The molecule has 0 aromatic heterocycles. The van der Waals surface area contributed by atoms with Crippen LogP contribution >= 0.6 is 0 Å². The van der Waals surface area contributed by atoms with Crippen molar-refractivity contribution in [2.75, 3.05) is 13.2 Å². The molecule has 0 heterocycles. The largest absolute Gasteiger partial charge is 0.508 e. The second-order valence-corrected chi connectivity index (χ2v) is 8.04. The van der Waals surface area contributed by atoms with Crippen molar-refractivity contribution in [2.45, 2.75) is 64.6 Å². The SMILES string of the molecule is Cc1cccc(C)c1OC[C@H](O)CN(Cc1ccccc1O)C1CCCCC1. The maximum absolute atomic E-state index is 10.7. The molecule has 2 aromatic rings. The Morgan fingerprint density at radius 3 is 2.36 bits per heavy atom. The summed E-state index contributed by atoms with van der Waals surface area (Å²) in [7, 11) is 0. The van der Waals surface area contributed by atoms with Crippen LogP contribution in [0, 0.1) is 13.8 Å². The van der Waals surface area contributed by atoms with Crippen LogP contribution < -0.4 is 4.74 Å². The van der Waals surface area contributed by atoms with Crippen LogP contribution in [0.1, 0.15) is 48.8 Å². The summed E-state index contributed by atoms with van der Waals surface area (Å²) in [6.07, 6.45) is 5.48. The minimum Gasteiger partial charge on any atom is -0.508 e. The van der Waals surface area contributed by atoms with E-state index in [9.17, 15) is 10.2 Å². The Morgan fingerprint density at radius 1 is 1.00 bits per heavy atom. The standard InChI is InChI=1S/C24H33NO3/c1-18-9-8-10-19(2)24(18)28-17-22(26)16-25(21-12-4-3-5-13-21)15-20-11-6-7-14-23(20)27/h6-11,14,21-22,26-27H,3-5,12-13,15-17H2,1-2H3/t22-/m1/s1. The van der Waals surface area contributed by atoms with Crippen molar-refractivity contribution < 1.29 is 14.9 Å². The number of aliphatic hydroxyl groups excluding tert-OH is 1. The molecule has 0 amide bonds. The van der Waals surface area contributed by atoms with Gasteiger partial charge in [0, 0.05) is 24.7 Å². The van der Waals surface area contributed by atoms with E-state index in [4.69, 9.17) is 4.74 Å². The highest BCUT2D eigenvalue weighted by Crippen LogP contribution is 2.27. The molecule has 0 radical (unpaired) electrons. The Morgan fingerprint density at radius 2 is 1.68 bits per heavy atom. The van der Waals surface area contributed by atoms with E-state index in [1.807, 2.05) is 50.2 Å². The van der Waals surface area contributed by atoms with Gasteiger partial charge in [0.1, 0.15) is 24.2 Å². The lowest BCUT2D eigenvalue weighted by atomic mass is 9.93. The molecule has 28 heavy (non-hydrogen) atoms. The molecular weight excluding hydrogens is 350 g/mol. The van der Waals surface area contributed by atoms with Gasteiger partial charge in [0.25, 0.3) is 0 Å². The number of aryl methyl sites for hydroxylation is 2. The van der Waals surface area contributed by atoms with E-state index >= 15 is 0 Å². The third kappa shape index (κ3) is 5.49. The first-order valence-electron chi connectivity index (χ1n) is 10.4. The van der Waals surface area contributed by atoms with Crippen LogP contribution in [0.4, 0.5) is 0 Å². The summed E-state index contributed by atoms with van der Waals surface area (Å²) in [4.78, 5) is 2.33. The van der Waals surface area contributed by atoms with Crippen LogP contribution in [-0.4, -0.2) is 40.4 Å². The van der Waals surface area contributed by atoms with Gasteiger partial charge in [-0.25, -0.2) is 0 Å². The fraction of sp³-hybridized carbons (Fsp3) is 0.500. The van der Waals surface area contributed by atoms with E-state index < -0.39 is 6.10 Å². The Kier molecular flexibility index (Phi) is 7.35. The number of para-hydroxylation sites is 2. The Bertz CT molecular complexity index is 735. The van der Waals surface area contributed by atoms with E-state index in [1.54, 1.807) is 6.07 Å². The van der Waals surface area contributed by atoms with Gasteiger partial charge in [-0.05, 0) is 43.9 Å².